The fourth-order valence-corrected chi connectivity index (χ4v) is 5.00. The molecule has 3 rings (SSSR count). The van der Waals surface area contributed by atoms with Crippen LogP contribution in [0.25, 0.3) is 0 Å². The van der Waals surface area contributed by atoms with Gasteiger partial charge in [0.15, 0.2) is 9.84 Å². The molecule has 24 heavy (non-hydrogen) atoms. The van der Waals surface area contributed by atoms with Gasteiger partial charge in [-0.1, -0.05) is 12.1 Å². The minimum absolute atomic E-state index is 0.0434. The lowest BCUT2D eigenvalue weighted by Crippen LogP contribution is -2.45. The van der Waals surface area contributed by atoms with E-state index in [-0.39, 0.29) is 10.8 Å². The number of nitrogens with zero attached hydrogens (tertiary/aromatic N) is 1. The molecule has 0 aromatic heterocycles. The number of hydrogen-bond donors (Lipinski definition) is 0. The third-order valence-electron chi connectivity index (χ3n) is 4.67. The van der Waals surface area contributed by atoms with E-state index in [2.05, 4.69) is 0 Å². The Morgan fingerprint density at radius 3 is 2.46 bits per heavy atom. The van der Waals surface area contributed by atoms with Crippen LogP contribution in [0.3, 0.4) is 0 Å². The summed E-state index contributed by atoms with van der Waals surface area (Å²) in [5.41, 5.74) is 0.985. The van der Waals surface area contributed by atoms with Gasteiger partial charge in [0, 0.05) is 44.4 Å². The second-order valence-electron chi connectivity index (χ2n) is 6.40. The SMILES string of the molecule is CS(=O)(=O)c1ccc(CCC(=O)N2CCC3(CC2)OCCS3)cc1. The molecule has 0 saturated carbocycles. The topological polar surface area (TPSA) is 63.7 Å². The second kappa shape index (κ2) is 7.06. The summed E-state index contributed by atoms with van der Waals surface area (Å²) < 4.78 is 28.8. The number of likely N-dealkylation sites (tertiary alicyclic amines) is 1. The van der Waals surface area contributed by atoms with Gasteiger partial charge in [-0.05, 0) is 24.1 Å². The molecule has 1 amide bonds. The summed E-state index contributed by atoms with van der Waals surface area (Å²) in [6, 6.07) is 6.79. The Morgan fingerprint density at radius 1 is 1.25 bits per heavy atom. The van der Waals surface area contributed by atoms with Crippen LogP contribution in [0, 0.1) is 0 Å². The van der Waals surface area contributed by atoms with Crippen LogP contribution >= 0.6 is 11.8 Å². The molecule has 1 aromatic carbocycles. The van der Waals surface area contributed by atoms with Gasteiger partial charge in [-0.25, -0.2) is 8.42 Å². The van der Waals surface area contributed by atoms with E-state index >= 15 is 0 Å². The average Bonchev–Trinajstić information content (AvgIpc) is 3.01. The Kier molecular flexibility index (Phi) is 5.22. The molecule has 0 aliphatic carbocycles. The molecule has 2 heterocycles. The number of ether oxygens (including phenoxy) is 1. The van der Waals surface area contributed by atoms with Gasteiger partial charge in [0.25, 0.3) is 0 Å². The quantitative estimate of drug-likeness (QED) is 0.813. The number of hydrogen-bond acceptors (Lipinski definition) is 5. The monoisotopic (exact) mass is 369 g/mol. The van der Waals surface area contributed by atoms with E-state index in [1.54, 1.807) is 24.3 Å². The molecule has 0 N–H and O–H groups in total. The van der Waals surface area contributed by atoms with Gasteiger partial charge in [0.2, 0.25) is 5.91 Å². The van der Waals surface area contributed by atoms with E-state index in [4.69, 9.17) is 4.74 Å². The maximum Gasteiger partial charge on any atom is 0.222 e. The molecular formula is C17H23NO4S2. The number of sulfone groups is 1. The minimum Gasteiger partial charge on any atom is -0.363 e. The van der Waals surface area contributed by atoms with Crippen molar-refractivity contribution in [2.75, 3.05) is 31.7 Å². The van der Waals surface area contributed by atoms with Crippen LogP contribution in [-0.2, 0) is 25.8 Å². The molecule has 2 fully saturated rings. The number of piperidine rings is 1. The number of amides is 1. The van der Waals surface area contributed by atoms with Crippen molar-refractivity contribution in [2.24, 2.45) is 0 Å². The molecule has 0 unspecified atom stereocenters. The molecule has 132 valence electrons. The molecule has 1 spiro atoms. The fourth-order valence-electron chi connectivity index (χ4n) is 3.20. The molecule has 0 atom stereocenters. The van der Waals surface area contributed by atoms with Gasteiger partial charge in [-0.2, -0.15) is 0 Å². The highest BCUT2D eigenvalue weighted by molar-refractivity contribution is 8.00. The zero-order valence-electron chi connectivity index (χ0n) is 13.9. The Labute approximate surface area is 147 Å². The second-order valence-corrected chi connectivity index (χ2v) is 9.86. The minimum atomic E-state index is -3.17. The summed E-state index contributed by atoms with van der Waals surface area (Å²) in [5, 5.41) is 0. The van der Waals surface area contributed by atoms with Crippen molar-refractivity contribution in [3.05, 3.63) is 29.8 Å². The summed E-state index contributed by atoms with van der Waals surface area (Å²) in [5.74, 6) is 1.22. The number of benzene rings is 1. The highest BCUT2D eigenvalue weighted by Crippen LogP contribution is 2.41. The molecule has 2 saturated heterocycles. The molecular weight excluding hydrogens is 346 g/mol. The van der Waals surface area contributed by atoms with E-state index in [0.29, 0.717) is 17.7 Å². The smallest absolute Gasteiger partial charge is 0.222 e. The standard InChI is InChI=1S/C17H23NO4S2/c1-24(20,21)15-5-2-14(3-6-15)4-7-16(19)18-10-8-17(9-11-18)22-12-13-23-17/h2-3,5-6H,4,7-13H2,1H3. The average molecular weight is 370 g/mol. The van der Waals surface area contributed by atoms with Crippen molar-refractivity contribution >= 4 is 27.5 Å². The van der Waals surface area contributed by atoms with Gasteiger partial charge in [-0.3, -0.25) is 4.79 Å². The van der Waals surface area contributed by atoms with Gasteiger partial charge in [0.05, 0.1) is 11.5 Å². The van der Waals surface area contributed by atoms with Crippen LogP contribution in [-0.4, -0.2) is 55.9 Å². The molecule has 7 heteroatoms. The third kappa shape index (κ3) is 4.13. The van der Waals surface area contributed by atoms with Crippen LogP contribution in [0.4, 0.5) is 0 Å². The van der Waals surface area contributed by atoms with Crippen LogP contribution in [0.5, 0.6) is 0 Å². The van der Waals surface area contributed by atoms with E-state index in [9.17, 15) is 13.2 Å². The van der Waals surface area contributed by atoms with Crippen molar-refractivity contribution in [3.8, 4) is 0 Å². The summed E-state index contributed by atoms with van der Waals surface area (Å²) in [6.07, 6.45) is 4.11. The Bertz CT molecular complexity index is 684. The van der Waals surface area contributed by atoms with E-state index in [0.717, 1.165) is 43.9 Å². The Morgan fingerprint density at radius 2 is 1.92 bits per heavy atom. The number of carbonyl (C=O) groups is 1. The van der Waals surface area contributed by atoms with Crippen molar-refractivity contribution in [3.63, 3.8) is 0 Å². The first-order chi connectivity index (χ1) is 11.4. The highest BCUT2D eigenvalue weighted by atomic mass is 32.2. The predicted molar refractivity (Wildman–Crippen MR) is 94.8 cm³/mol. The molecule has 0 radical (unpaired) electrons. The molecule has 2 aliphatic heterocycles. The first kappa shape index (κ1) is 17.8. The van der Waals surface area contributed by atoms with Crippen molar-refractivity contribution in [1.29, 1.82) is 0 Å². The van der Waals surface area contributed by atoms with Crippen molar-refractivity contribution in [1.82, 2.24) is 4.90 Å². The van der Waals surface area contributed by atoms with E-state index in [1.807, 2.05) is 16.7 Å². The first-order valence-corrected chi connectivity index (χ1v) is 11.1. The highest BCUT2D eigenvalue weighted by Gasteiger charge is 2.39. The number of carbonyl (C=O) groups excluding carboxylic acids is 1. The zero-order valence-corrected chi connectivity index (χ0v) is 15.5. The molecule has 1 aromatic rings. The van der Waals surface area contributed by atoms with E-state index < -0.39 is 9.84 Å². The summed E-state index contributed by atoms with van der Waals surface area (Å²) in [4.78, 5) is 14.6. The van der Waals surface area contributed by atoms with Crippen LogP contribution in [0.15, 0.2) is 29.2 Å². The first-order valence-electron chi connectivity index (χ1n) is 8.23. The fraction of sp³-hybridized carbons (Fsp3) is 0.588. The summed E-state index contributed by atoms with van der Waals surface area (Å²) in [7, 11) is -3.17. The van der Waals surface area contributed by atoms with Crippen molar-refractivity contribution < 1.29 is 17.9 Å². The predicted octanol–water partition coefficient (Wildman–Crippen LogP) is 2.10. The van der Waals surface area contributed by atoms with Gasteiger partial charge in [-0.15, -0.1) is 11.8 Å². The lowest BCUT2D eigenvalue weighted by atomic mass is 10.0. The van der Waals surface area contributed by atoms with E-state index in [1.165, 1.54) is 6.26 Å². The van der Waals surface area contributed by atoms with Crippen LogP contribution < -0.4 is 0 Å². The lowest BCUT2D eigenvalue weighted by Gasteiger charge is -2.37. The van der Waals surface area contributed by atoms with Crippen LogP contribution in [0.2, 0.25) is 0 Å². The molecule has 5 nitrogen and oxygen atoms in total. The zero-order chi connectivity index (χ0) is 17.2. The summed E-state index contributed by atoms with van der Waals surface area (Å²) in [6.45, 7) is 2.35. The third-order valence-corrected chi connectivity index (χ3v) is 7.22. The summed E-state index contributed by atoms with van der Waals surface area (Å²) >= 11 is 1.88. The number of aryl methyl sites for hydroxylation is 1. The normalized spacial score (nSPS) is 20.5. The van der Waals surface area contributed by atoms with Gasteiger partial charge >= 0.3 is 0 Å². The number of thioether (sulfide) groups is 1. The number of rotatable bonds is 4. The Balaban J connectivity index is 1.49. The van der Waals surface area contributed by atoms with Gasteiger partial charge < -0.3 is 9.64 Å². The van der Waals surface area contributed by atoms with Crippen LogP contribution in [0.1, 0.15) is 24.8 Å². The van der Waals surface area contributed by atoms with Crippen molar-refractivity contribution in [2.45, 2.75) is 35.5 Å². The maximum atomic E-state index is 12.4. The molecule has 2 aliphatic rings. The maximum absolute atomic E-state index is 12.4. The van der Waals surface area contributed by atoms with Gasteiger partial charge in [0.1, 0.15) is 4.93 Å². The Hall–Kier alpha value is -1.05. The molecule has 0 bridgehead atoms. The largest absolute Gasteiger partial charge is 0.363 e. The lowest BCUT2D eigenvalue weighted by molar-refractivity contribution is -0.134.